The number of fused-ring (bicyclic) bond motifs is 1. The number of phosphoric acid groups is 1. The number of rotatable bonds is 2. The number of aryl methyl sites for hydroxylation is 1. The molecule has 1 aliphatic heterocycles. The Morgan fingerprint density at radius 3 is 2.57 bits per heavy atom. The highest BCUT2D eigenvalue weighted by Crippen LogP contribution is 2.53. The van der Waals surface area contributed by atoms with Gasteiger partial charge in [-0.25, -0.2) is 4.57 Å². The number of benzene rings is 1. The second-order valence-electron chi connectivity index (χ2n) is 5.91. The molecular weight excluding hydrogens is 323 g/mol. The number of hydrogen-bond acceptors (Lipinski definition) is 7. The minimum absolute atomic E-state index is 0.0400. The fourth-order valence-corrected chi connectivity index (χ4v) is 4.41. The van der Waals surface area contributed by atoms with Crippen LogP contribution >= 0.6 is 7.82 Å². The van der Waals surface area contributed by atoms with E-state index in [1.807, 2.05) is 12.1 Å². The van der Waals surface area contributed by atoms with Crippen molar-refractivity contribution in [3.05, 3.63) is 29.8 Å². The van der Waals surface area contributed by atoms with Crippen molar-refractivity contribution in [2.24, 2.45) is 0 Å². The van der Waals surface area contributed by atoms with Gasteiger partial charge in [0.2, 0.25) is 0 Å². The standard InChI is InChI=1S/C15H21O7P/c16-11-8-12(17)15(13(18)9-11)22-23(19)20-7-3-5-10-4-1-2-6-14(10)21-23/h1-2,4,6,11-13,15-18H,3,5,7-9H2/t11?,12-,13-,15?,23?/m1/s1. The van der Waals surface area contributed by atoms with Gasteiger partial charge in [0.1, 0.15) is 11.9 Å². The maximum Gasteiger partial charge on any atom is 0.530 e. The maximum absolute atomic E-state index is 12.9. The number of phosphoric ester groups is 1. The summed E-state index contributed by atoms with van der Waals surface area (Å²) in [5.74, 6) is 0.412. The van der Waals surface area contributed by atoms with Crippen LogP contribution in [-0.4, -0.2) is 46.3 Å². The van der Waals surface area contributed by atoms with Crippen LogP contribution in [0.4, 0.5) is 0 Å². The van der Waals surface area contributed by atoms with Crippen molar-refractivity contribution in [1.29, 1.82) is 0 Å². The highest BCUT2D eigenvalue weighted by atomic mass is 31.2. The molecule has 0 aromatic heterocycles. The van der Waals surface area contributed by atoms with Gasteiger partial charge in [-0.2, -0.15) is 0 Å². The first-order chi connectivity index (χ1) is 11.0. The quantitative estimate of drug-likeness (QED) is 0.696. The van der Waals surface area contributed by atoms with Crippen LogP contribution in [-0.2, 0) is 20.0 Å². The molecule has 1 saturated carbocycles. The van der Waals surface area contributed by atoms with Crippen molar-refractivity contribution in [3.8, 4) is 5.75 Å². The average Bonchev–Trinajstić information content (AvgIpc) is 2.47. The Morgan fingerprint density at radius 2 is 1.83 bits per heavy atom. The molecule has 0 amide bonds. The van der Waals surface area contributed by atoms with E-state index in [4.69, 9.17) is 13.6 Å². The molecule has 0 bridgehead atoms. The molecule has 1 aliphatic carbocycles. The Morgan fingerprint density at radius 1 is 1.13 bits per heavy atom. The van der Waals surface area contributed by atoms with Gasteiger partial charge < -0.3 is 19.8 Å². The zero-order valence-electron chi connectivity index (χ0n) is 12.6. The molecule has 2 aliphatic rings. The summed E-state index contributed by atoms with van der Waals surface area (Å²) in [7, 11) is -3.98. The molecule has 0 saturated heterocycles. The van der Waals surface area contributed by atoms with Crippen LogP contribution in [0, 0.1) is 0 Å². The lowest BCUT2D eigenvalue weighted by molar-refractivity contribution is -0.113. The fraction of sp³-hybridized carbons (Fsp3) is 0.600. The first kappa shape index (κ1) is 16.9. The lowest BCUT2D eigenvalue weighted by Crippen LogP contribution is -2.47. The lowest BCUT2D eigenvalue weighted by atomic mass is 9.90. The molecule has 1 fully saturated rings. The Bertz CT molecular complexity index is 581. The van der Waals surface area contributed by atoms with Crippen LogP contribution in [0.3, 0.4) is 0 Å². The molecule has 8 heteroatoms. The van der Waals surface area contributed by atoms with Crippen molar-refractivity contribution in [2.45, 2.75) is 50.1 Å². The summed E-state index contributed by atoms with van der Waals surface area (Å²) in [4.78, 5) is 0. The topological polar surface area (TPSA) is 105 Å². The van der Waals surface area contributed by atoms with E-state index in [0.717, 1.165) is 12.0 Å². The van der Waals surface area contributed by atoms with Gasteiger partial charge in [0, 0.05) is 12.8 Å². The van der Waals surface area contributed by atoms with Crippen LogP contribution in [0.5, 0.6) is 5.75 Å². The maximum atomic E-state index is 12.9. The molecular formula is C15H21O7P. The SMILES string of the molecule is O=P1(OC2[C@H](O)CC(O)C[C@H]2O)OCCCc2ccccc2O1. The van der Waals surface area contributed by atoms with Gasteiger partial charge in [0.15, 0.2) is 0 Å². The molecule has 3 N–H and O–H groups in total. The molecule has 0 radical (unpaired) electrons. The molecule has 23 heavy (non-hydrogen) atoms. The van der Waals surface area contributed by atoms with Gasteiger partial charge in [-0.15, -0.1) is 0 Å². The summed E-state index contributed by atoms with van der Waals surface area (Å²) in [6.07, 6.45) is -2.77. The van der Waals surface area contributed by atoms with E-state index in [2.05, 4.69) is 0 Å². The summed E-state index contributed by atoms with van der Waals surface area (Å²) in [6.45, 7) is 0.188. The molecule has 1 aromatic carbocycles. The number of aliphatic hydroxyl groups is 3. The van der Waals surface area contributed by atoms with Gasteiger partial charge in [0.25, 0.3) is 0 Å². The van der Waals surface area contributed by atoms with Gasteiger partial charge in [-0.3, -0.25) is 9.05 Å². The van der Waals surface area contributed by atoms with Crippen LogP contribution in [0.2, 0.25) is 0 Å². The van der Waals surface area contributed by atoms with Crippen LogP contribution in [0.25, 0.3) is 0 Å². The summed E-state index contributed by atoms with van der Waals surface area (Å²) < 4.78 is 29.0. The van der Waals surface area contributed by atoms with Gasteiger partial charge in [-0.05, 0) is 24.5 Å². The normalized spacial score (nSPS) is 38.0. The van der Waals surface area contributed by atoms with E-state index in [9.17, 15) is 19.9 Å². The van der Waals surface area contributed by atoms with E-state index in [0.29, 0.717) is 12.2 Å². The van der Waals surface area contributed by atoms with Crippen LogP contribution in [0.15, 0.2) is 24.3 Å². The lowest BCUT2D eigenvalue weighted by Gasteiger charge is -2.36. The van der Waals surface area contributed by atoms with Crippen molar-refractivity contribution < 1.29 is 33.5 Å². The molecule has 3 atom stereocenters. The largest absolute Gasteiger partial charge is 0.530 e. The number of para-hydroxylation sites is 1. The summed E-state index contributed by atoms with van der Waals surface area (Å²) in [6, 6.07) is 7.18. The number of hydrogen-bond donors (Lipinski definition) is 3. The molecule has 1 heterocycles. The van der Waals surface area contributed by atoms with Gasteiger partial charge in [0.05, 0.1) is 24.9 Å². The zero-order chi connectivity index (χ0) is 16.4. The van der Waals surface area contributed by atoms with E-state index in [1.165, 1.54) is 0 Å². The van der Waals surface area contributed by atoms with Crippen LogP contribution in [0.1, 0.15) is 24.8 Å². The summed E-state index contributed by atoms with van der Waals surface area (Å²) in [5.41, 5.74) is 0.903. The van der Waals surface area contributed by atoms with Gasteiger partial charge >= 0.3 is 7.82 Å². The first-order valence-electron chi connectivity index (χ1n) is 7.71. The molecule has 1 unspecified atom stereocenters. The molecule has 3 rings (SSSR count). The van der Waals surface area contributed by atoms with Crippen LogP contribution < -0.4 is 4.52 Å². The molecule has 128 valence electrons. The zero-order valence-corrected chi connectivity index (χ0v) is 13.5. The fourth-order valence-electron chi connectivity index (χ4n) is 2.91. The second kappa shape index (κ2) is 6.89. The third-order valence-electron chi connectivity index (χ3n) is 4.06. The predicted molar refractivity (Wildman–Crippen MR) is 81.1 cm³/mol. The van der Waals surface area contributed by atoms with E-state index < -0.39 is 32.2 Å². The minimum Gasteiger partial charge on any atom is -0.404 e. The smallest absolute Gasteiger partial charge is 0.404 e. The Kier molecular flexibility index (Phi) is 5.06. The third kappa shape index (κ3) is 3.94. The highest BCUT2D eigenvalue weighted by Gasteiger charge is 2.43. The van der Waals surface area contributed by atoms with Crippen molar-refractivity contribution in [2.75, 3.05) is 6.61 Å². The minimum atomic E-state index is -3.98. The number of aliphatic hydroxyl groups excluding tert-OH is 3. The highest BCUT2D eigenvalue weighted by molar-refractivity contribution is 7.49. The molecule has 0 spiro atoms. The van der Waals surface area contributed by atoms with E-state index in [-0.39, 0.29) is 19.4 Å². The Balaban J connectivity index is 1.79. The van der Waals surface area contributed by atoms with Crippen molar-refractivity contribution >= 4 is 7.82 Å². The Labute approximate surface area is 134 Å². The van der Waals surface area contributed by atoms with E-state index in [1.54, 1.807) is 12.1 Å². The molecule has 7 nitrogen and oxygen atoms in total. The average molecular weight is 344 g/mol. The Hall–Kier alpha value is -0.950. The monoisotopic (exact) mass is 344 g/mol. The van der Waals surface area contributed by atoms with E-state index >= 15 is 0 Å². The first-order valence-corrected chi connectivity index (χ1v) is 9.17. The van der Waals surface area contributed by atoms with Crippen molar-refractivity contribution in [3.63, 3.8) is 0 Å². The molecule has 1 aromatic rings. The second-order valence-corrected chi connectivity index (χ2v) is 7.46. The predicted octanol–water partition coefficient (Wildman–Crippen LogP) is 1.40. The van der Waals surface area contributed by atoms with Gasteiger partial charge in [-0.1, -0.05) is 18.2 Å². The van der Waals surface area contributed by atoms with Crippen molar-refractivity contribution in [1.82, 2.24) is 0 Å². The summed E-state index contributed by atoms with van der Waals surface area (Å²) in [5, 5.41) is 29.5. The third-order valence-corrected chi connectivity index (χ3v) is 5.48. The summed E-state index contributed by atoms with van der Waals surface area (Å²) >= 11 is 0.